The number of amides is 2. The van der Waals surface area contributed by atoms with Gasteiger partial charge < -0.3 is 14.5 Å². The van der Waals surface area contributed by atoms with Crippen LogP contribution < -0.4 is 0 Å². The summed E-state index contributed by atoms with van der Waals surface area (Å²) in [6, 6.07) is 1.09. The van der Waals surface area contributed by atoms with Crippen LogP contribution >= 0.6 is 0 Å². The molecule has 0 N–H and O–H groups in total. The predicted molar refractivity (Wildman–Crippen MR) is 122 cm³/mol. The summed E-state index contributed by atoms with van der Waals surface area (Å²) < 4.78 is 85.2. The number of benzene rings is 1. The van der Waals surface area contributed by atoms with Crippen molar-refractivity contribution >= 4 is 18.2 Å². The van der Waals surface area contributed by atoms with Crippen LogP contribution in [0.1, 0.15) is 38.3 Å². The first kappa shape index (κ1) is 27.5. The van der Waals surface area contributed by atoms with E-state index in [1.54, 1.807) is 30.6 Å². The van der Waals surface area contributed by atoms with Gasteiger partial charge in [0, 0.05) is 49.4 Å². The van der Waals surface area contributed by atoms with E-state index >= 15 is 0 Å². The lowest BCUT2D eigenvalue weighted by Crippen LogP contribution is -2.60. The molecule has 2 aliphatic heterocycles. The van der Waals surface area contributed by atoms with Crippen LogP contribution in [0.5, 0.6) is 0 Å². The highest BCUT2D eigenvalue weighted by Crippen LogP contribution is 2.40. The van der Waals surface area contributed by atoms with Crippen molar-refractivity contribution in [2.24, 2.45) is 5.41 Å². The largest absolute Gasteiger partial charge is 0.444 e. The lowest BCUT2D eigenvalue weighted by atomic mass is 9.79. The third-order valence-electron chi connectivity index (χ3n) is 6.18. The van der Waals surface area contributed by atoms with Crippen molar-refractivity contribution in [3.05, 3.63) is 41.7 Å². The number of ether oxygens (including phenoxy) is 1. The van der Waals surface area contributed by atoms with Crippen molar-refractivity contribution in [3.8, 4) is 11.4 Å². The number of nitrogens with zero attached hydrogens (tertiary/aromatic N) is 5. The van der Waals surface area contributed by atoms with Crippen molar-refractivity contribution in [1.29, 1.82) is 0 Å². The van der Waals surface area contributed by atoms with Crippen molar-refractivity contribution in [2.45, 2.75) is 45.1 Å². The Morgan fingerprint density at radius 2 is 1.53 bits per heavy atom. The average molecular weight is 545 g/mol. The van der Waals surface area contributed by atoms with E-state index in [9.17, 15) is 35.9 Å². The number of rotatable bonds is 3. The molecule has 2 aromatic rings. The molecule has 8 nitrogen and oxygen atoms in total. The van der Waals surface area contributed by atoms with E-state index in [-0.39, 0.29) is 23.2 Å². The molecule has 3 heterocycles. The maximum absolute atomic E-state index is 13.1. The quantitative estimate of drug-likeness (QED) is 0.404. The molecule has 0 radical (unpaired) electrons. The highest BCUT2D eigenvalue weighted by molar-refractivity contribution is 5.90. The summed E-state index contributed by atoms with van der Waals surface area (Å²) in [6.07, 6.45) is -6.22. The zero-order chi connectivity index (χ0) is 28.1. The maximum Gasteiger partial charge on any atom is 0.416 e. The van der Waals surface area contributed by atoms with Gasteiger partial charge in [0.05, 0.1) is 11.1 Å². The van der Waals surface area contributed by atoms with E-state index < -0.39 is 40.7 Å². The van der Waals surface area contributed by atoms with Gasteiger partial charge >= 0.3 is 18.4 Å². The van der Waals surface area contributed by atoms with Crippen LogP contribution in [0.3, 0.4) is 0 Å². The third kappa shape index (κ3) is 6.10. The van der Waals surface area contributed by atoms with E-state index in [0.29, 0.717) is 44.7 Å². The Labute approximate surface area is 213 Å². The molecular weight excluding hydrogens is 520 g/mol. The topological polar surface area (TPSA) is 80.6 Å². The molecule has 14 heteroatoms. The van der Waals surface area contributed by atoms with Crippen LogP contribution in [0, 0.1) is 5.41 Å². The molecule has 4 rings (SSSR count). The van der Waals surface area contributed by atoms with E-state index in [1.807, 2.05) is 0 Å². The molecular formula is C24H25F6N5O3. The fourth-order valence-electron chi connectivity index (χ4n) is 4.41. The fraction of sp³-hybridized carbons (Fsp3) is 0.500. The summed E-state index contributed by atoms with van der Waals surface area (Å²) in [4.78, 5) is 31.8. The van der Waals surface area contributed by atoms with Gasteiger partial charge in [0.2, 0.25) is 5.91 Å². The highest BCUT2D eigenvalue weighted by atomic mass is 19.4. The van der Waals surface area contributed by atoms with Crippen LogP contribution in [0.15, 0.2) is 30.6 Å². The van der Waals surface area contributed by atoms with Gasteiger partial charge in [-0.3, -0.25) is 4.79 Å². The zero-order valence-electron chi connectivity index (χ0n) is 20.7. The molecule has 0 saturated carbocycles. The Hall–Kier alpha value is -3.58. The molecule has 1 spiro atoms. The number of halogens is 6. The van der Waals surface area contributed by atoms with Crippen molar-refractivity contribution in [1.82, 2.24) is 24.6 Å². The van der Waals surface area contributed by atoms with Crippen molar-refractivity contribution in [3.63, 3.8) is 0 Å². The zero-order valence-corrected chi connectivity index (χ0v) is 20.7. The summed E-state index contributed by atoms with van der Waals surface area (Å²) in [5.74, 6) is -0.719. The predicted octanol–water partition coefficient (Wildman–Crippen LogP) is 4.92. The van der Waals surface area contributed by atoms with Gasteiger partial charge in [-0.15, -0.1) is 5.10 Å². The normalized spacial score (nSPS) is 17.8. The number of carbonyl (C=O) groups is 2. The van der Waals surface area contributed by atoms with E-state index in [1.165, 1.54) is 12.3 Å². The van der Waals surface area contributed by atoms with Gasteiger partial charge in [0.1, 0.15) is 11.9 Å². The van der Waals surface area contributed by atoms with Gasteiger partial charge in [-0.05, 0) is 45.4 Å². The van der Waals surface area contributed by atoms with Crippen molar-refractivity contribution in [2.75, 3.05) is 26.2 Å². The van der Waals surface area contributed by atoms with Crippen LogP contribution in [-0.4, -0.2) is 68.3 Å². The molecule has 0 bridgehead atoms. The molecule has 0 atom stereocenters. The number of likely N-dealkylation sites (tertiary alicyclic amines) is 2. The SMILES string of the molecule is CC(C)(C)OC(=O)N1CC2(CCN(C(=O)C=Cn3cnc(-c4cc(C(F)(F)F)cc(C(F)(F)F)c4)n3)C2)C1. The van der Waals surface area contributed by atoms with Gasteiger partial charge in [-0.25, -0.2) is 14.5 Å². The first-order chi connectivity index (χ1) is 17.4. The summed E-state index contributed by atoms with van der Waals surface area (Å²) in [5.41, 5.74) is -4.24. The third-order valence-corrected chi connectivity index (χ3v) is 6.18. The monoisotopic (exact) mass is 545 g/mol. The summed E-state index contributed by atoms with van der Waals surface area (Å²) in [7, 11) is 0. The molecule has 0 unspecified atom stereocenters. The van der Waals surface area contributed by atoms with Crippen LogP contribution in [0.25, 0.3) is 17.6 Å². The number of hydrogen-bond donors (Lipinski definition) is 0. The maximum atomic E-state index is 13.1. The highest BCUT2D eigenvalue weighted by Gasteiger charge is 2.51. The molecule has 206 valence electrons. The number of hydrogen-bond acceptors (Lipinski definition) is 5. The number of alkyl halides is 6. The van der Waals surface area contributed by atoms with Gasteiger partial charge in [-0.2, -0.15) is 26.3 Å². The smallest absolute Gasteiger partial charge is 0.416 e. The minimum atomic E-state index is -5.00. The Bertz CT molecular complexity index is 1220. The van der Waals surface area contributed by atoms with E-state index in [0.717, 1.165) is 11.0 Å². The average Bonchev–Trinajstić information content (AvgIpc) is 3.41. The molecule has 1 aromatic heterocycles. The van der Waals surface area contributed by atoms with Crippen LogP contribution in [0.2, 0.25) is 0 Å². The molecule has 2 saturated heterocycles. The second kappa shape index (κ2) is 9.31. The Morgan fingerprint density at radius 3 is 2.08 bits per heavy atom. The second-order valence-corrected chi connectivity index (χ2v) is 10.5. The molecule has 0 aliphatic carbocycles. The summed E-state index contributed by atoms with van der Waals surface area (Å²) in [6.45, 7) is 7.18. The lowest BCUT2D eigenvalue weighted by Gasteiger charge is -2.47. The fourth-order valence-corrected chi connectivity index (χ4v) is 4.41. The molecule has 2 amide bonds. The Kier molecular flexibility index (Phi) is 6.73. The van der Waals surface area contributed by atoms with Crippen LogP contribution in [-0.2, 0) is 21.9 Å². The summed E-state index contributed by atoms with van der Waals surface area (Å²) in [5, 5.41) is 3.90. The van der Waals surface area contributed by atoms with Crippen LogP contribution in [0.4, 0.5) is 31.1 Å². The first-order valence-corrected chi connectivity index (χ1v) is 11.6. The standard InChI is InChI=1S/C24H25F6N5O3/c1-21(2,3)38-20(37)34-12-22(13-34)5-7-33(11-22)18(36)4-6-35-14-31-19(32-35)15-8-16(23(25,26)27)10-17(9-15)24(28,29)30/h4,6,8-10,14H,5,7,11-13H2,1-3H3. The minimum absolute atomic E-state index is 0.0245. The van der Waals surface area contributed by atoms with E-state index in [2.05, 4.69) is 10.1 Å². The van der Waals surface area contributed by atoms with Crippen molar-refractivity contribution < 1.29 is 40.7 Å². The van der Waals surface area contributed by atoms with Gasteiger partial charge in [0.15, 0.2) is 5.82 Å². The summed E-state index contributed by atoms with van der Waals surface area (Å²) >= 11 is 0. The molecule has 2 aliphatic rings. The van der Waals surface area contributed by atoms with Gasteiger partial charge in [0.25, 0.3) is 0 Å². The Balaban J connectivity index is 1.40. The molecule has 2 fully saturated rings. The number of carbonyl (C=O) groups excluding carboxylic acids is 2. The lowest BCUT2D eigenvalue weighted by molar-refractivity contribution is -0.143. The molecule has 38 heavy (non-hydrogen) atoms. The van der Waals surface area contributed by atoms with Gasteiger partial charge in [-0.1, -0.05) is 0 Å². The second-order valence-electron chi connectivity index (χ2n) is 10.5. The molecule has 1 aromatic carbocycles. The number of aromatic nitrogens is 3. The minimum Gasteiger partial charge on any atom is -0.444 e. The van der Waals surface area contributed by atoms with E-state index in [4.69, 9.17) is 4.74 Å². The first-order valence-electron chi connectivity index (χ1n) is 11.6. The Morgan fingerprint density at radius 1 is 0.947 bits per heavy atom.